The Labute approximate surface area is 78.7 Å². The van der Waals surface area contributed by atoms with E-state index in [2.05, 4.69) is 5.10 Å². The van der Waals surface area contributed by atoms with Crippen LogP contribution in [0.4, 0.5) is 0 Å². The van der Waals surface area contributed by atoms with Crippen LogP contribution in [0, 0.1) is 19.8 Å². The minimum Gasteiger partial charge on any atom is -0.489 e. The lowest BCUT2D eigenvalue weighted by molar-refractivity contribution is 0.295. The maximum absolute atomic E-state index is 5.73. The number of aryl methyl sites for hydroxylation is 2. The number of ether oxygens (including phenoxy) is 1. The quantitative estimate of drug-likeness (QED) is 0.709. The van der Waals surface area contributed by atoms with E-state index < -0.39 is 0 Å². The third-order valence-electron chi connectivity index (χ3n) is 2.60. The van der Waals surface area contributed by atoms with Crippen molar-refractivity contribution in [2.24, 2.45) is 13.0 Å². The molecule has 1 aromatic heterocycles. The molecule has 1 fully saturated rings. The van der Waals surface area contributed by atoms with Gasteiger partial charge in [-0.05, 0) is 32.6 Å². The van der Waals surface area contributed by atoms with E-state index in [1.807, 2.05) is 25.6 Å². The second-order valence-corrected chi connectivity index (χ2v) is 3.88. The summed E-state index contributed by atoms with van der Waals surface area (Å²) in [5.41, 5.74) is 2.12. The molecule has 0 radical (unpaired) electrons. The molecule has 0 amide bonds. The average Bonchev–Trinajstić information content (AvgIpc) is 2.84. The Balaban J connectivity index is 2.08. The normalized spacial score (nSPS) is 16.2. The van der Waals surface area contributed by atoms with Crippen LogP contribution in [0.2, 0.25) is 0 Å². The second-order valence-electron chi connectivity index (χ2n) is 3.88. The molecule has 1 aliphatic carbocycles. The minimum atomic E-state index is 0.805. The van der Waals surface area contributed by atoms with E-state index in [1.165, 1.54) is 12.8 Å². The fraction of sp³-hybridized carbons (Fsp3) is 0.700. The van der Waals surface area contributed by atoms with E-state index in [9.17, 15) is 0 Å². The van der Waals surface area contributed by atoms with E-state index in [4.69, 9.17) is 4.74 Å². The molecule has 0 aromatic carbocycles. The molecular weight excluding hydrogens is 164 g/mol. The predicted molar refractivity (Wildman–Crippen MR) is 50.9 cm³/mol. The van der Waals surface area contributed by atoms with Crippen LogP contribution >= 0.6 is 0 Å². The van der Waals surface area contributed by atoms with Crippen molar-refractivity contribution in [3.63, 3.8) is 0 Å². The molecule has 0 saturated heterocycles. The zero-order valence-electron chi connectivity index (χ0n) is 8.50. The summed E-state index contributed by atoms with van der Waals surface area (Å²) >= 11 is 0. The lowest BCUT2D eigenvalue weighted by Crippen LogP contribution is -2.00. The van der Waals surface area contributed by atoms with E-state index in [0.29, 0.717) is 0 Å². The van der Waals surface area contributed by atoms with Gasteiger partial charge in [0.15, 0.2) is 5.75 Å². The van der Waals surface area contributed by atoms with E-state index in [0.717, 1.165) is 29.7 Å². The molecule has 0 atom stereocenters. The van der Waals surface area contributed by atoms with Crippen molar-refractivity contribution >= 4 is 0 Å². The molecule has 1 aliphatic rings. The van der Waals surface area contributed by atoms with Crippen molar-refractivity contribution in [1.29, 1.82) is 0 Å². The highest BCUT2D eigenvalue weighted by molar-refractivity contribution is 5.31. The summed E-state index contributed by atoms with van der Waals surface area (Å²) in [5.74, 6) is 1.79. The standard InChI is InChI=1S/C10H16N2O/c1-7-10(8(2)12(3)11-7)13-6-9-4-5-9/h9H,4-6H2,1-3H3. The summed E-state index contributed by atoms with van der Waals surface area (Å²) in [6, 6.07) is 0. The Bertz CT molecular complexity index is 313. The Kier molecular flexibility index (Phi) is 2.02. The third kappa shape index (κ3) is 1.69. The highest BCUT2D eigenvalue weighted by Gasteiger charge is 2.23. The first kappa shape index (κ1) is 8.60. The summed E-state index contributed by atoms with van der Waals surface area (Å²) in [6.45, 7) is 4.91. The molecule has 13 heavy (non-hydrogen) atoms. The number of hydrogen-bond donors (Lipinski definition) is 0. The van der Waals surface area contributed by atoms with Crippen LogP contribution in [0.5, 0.6) is 5.75 Å². The molecule has 0 bridgehead atoms. The van der Waals surface area contributed by atoms with Crippen molar-refractivity contribution in [2.45, 2.75) is 26.7 Å². The average molecular weight is 180 g/mol. The molecule has 3 heteroatoms. The molecule has 1 saturated carbocycles. The maximum atomic E-state index is 5.73. The van der Waals surface area contributed by atoms with Gasteiger partial charge < -0.3 is 4.74 Å². The topological polar surface area (TPSA) is 27.1 Å². The van der Waals surface area contributed by atoms with Crippen LogP contribution in [0.1, 0.15) is 24.2 Å². The van der Waals surface area contributed by atoms with Gasteiger partial charge in [0.1, 0.15) is 5.69 Å². The Morgan fingerprint density at radius 1 is 1.46 bits per heavy atom. The number of nitrogens with zero attached hydrogens (tertiary/aromatic N) is 2. The third-order valence-corrected chi connectivity index (χ3v) is 2.60. The van der Waals surface area contributed by atoms with Crippen LogP contribution in [0.25, 0.3) is 0 Å². The van der Waals surface area contributed by atoms with E-state index >= 15 is 0 Å². The lowest BCUT2D eigenvalue weighted by atomic mass is 10.3. The smallest absolute Gasteiger partial charge is 0.162 e. The van der Waals surface area contributed by atoms with Gasteiger partial charge in [0.2, 0.25) is 0 Å². The van der Waals surface area contributed by atoms with Gasteiger partial charge in [-0.2, -0.15) is 5.10 Å². The zero-order valence-corrected chi connectivity index (χ0v) is 8.50. The molecule has 3 nitrogen and oxygen atoms in total. The molecule has 1 aromatic rings. The molecule has 1 heterocycles. The van der Waals surface area contributed by atoms with Gasteiger partial charge in [-0.3, -0.25) is 4.68 Å². The van der Waals surface area contributed by atoms with Crippen molar-refractivity contribution in [3.8, 4) is 5.75 Å². The van der Waals surface area contributed by atoms with Crippen LogP contribution in [0.15, 0.2) is 0 Å². The molecule has 0 spiro atoms. The second kappa shape index (κ2) is 3.05. The van der Waals surface area contributed by atoms with Crippen LogP contribution in [-0.2, 0) is 7.05 Å². The molecule has 2 rings (SSSR count). The highest BCUT2D eigenvalue weighted by Crippen LogP contribution is 2.31. The minimum absolute atomic E-state index is 0.805. The predicted octanol–water partition coefficient (Wildman–Crippen LogP) is 1.83. The van der Waals surface area contributed by atoms with Crippen molar-refractivity contribution < 1.29 is 4.74 Å². The first-order valence-electron chi connectivity index (χ1n) is 4.81. The molecule has 0 unspecified atom stereocenters. The van der Waals surface area contributed by atoms with Crippen LogP contribution in [0.3, 0.4) is 0 Å². The van der Waals surface area contributed by atoms with E-state index in [1.54, 1.807) is 0 Å². The maximum Gasteiger partial charge on any atom is 0.162 e. The Morgan fingerprint density at radius 3 is 2.62 bits per heavy atom. The summed E-state index contributed by atoms with van der Waals surface area (Å²) < 4.78 is 7.60. The summed E-state index contributed by atoms with van der Waals surface area (Å²) in [6.07, 6.45) is 2.66. The molecule has 72 valence electrons. The Morgan fingerprint density at radius 2 is 2.15 bits per heavy atom. The first-order valence-corrected chi connectivity index (χ1v) is 4.81. The SMILES string of the molecule is Cc1nn(C)c(C)c1OCC1CC1. The molecule has 0 aliphatic heterocycles. The fourth-order valence-electron chi connectivity index (χ4n) is 1.45. The van der Waals surface area contributed by atoms with Gasteiger partial charge in [0.05, 0.1) is 12.3 Å². The zero-order chi connectivity index (χ0) is 9.42. The van der Waals surface area contributed by atoms with Gasteiger partial charge in [-0.15, -0.1) is 0 Å². The summed E-state index contributed by atoms with van der Waals surface area (Å²) in [4.78, 5) is 0. The monoisotopic (exact) mass is 180 g/mol. The first-order chi connectivity index (χ1) is 6.18. The van der Waals surface area contributed by atoms with Gasteiger partial charge >= 0.3 is 0 Å². The van der Waals surface area contributed by atoms with Gasteiger partial charge in [0, 0.05) is 7.05 Å². The summed E-state index contributed by atoms with van der Waals surface area (Å²) in [5, 5.41) is 4.30. The van der Waals surface area contributed by atoms with Crippen molar-refractivity contribution in [2.75, 3.05) is 6.61 Å². The van der Waals surface area contributed by atoms with Gasteiger partial charge in [-0.25, -0.2) is 0 Å². The van der Waals surface area contributed by atoms with Crippen molar-refractivity contribution in [1.82, 2.24) is 9.78 Å². The highest BCUT2D eigenvalue weighted by atomic mass is 16.5. The van der Waals surface area contributed by atoms with Crippen LogP contribution < -0.4 is 4.74 Å². The number of rotatable bonds is 3. The van der Waals surface area contributed by atoms with E-state index in [-0.39, 0.29) is 0 Å². The fourth-order valence-corrected chi connectivity index (χ4v) is 1.45. The van der Waals surface area contributed by atoms with Crippen LogP contribution in [-0.4, -0.2) is 16.4 Å². The number of hydrogen-bond acceptors (Lipinski definition) is 2. The number of aromatic nitrogens is 2. The van der Waals surface area contributed by atoms with Crippen molar-refractivity contribution in [3.05, 3.63) is 11.4 Å². The van der Waals surface area contributed by atoms with Gasteiger partial charge in [-0.1, -0.05) is 0 Å². The summed E-state index contributed by atoms with van der Waals surface area (Å²) in [7, 11) is 1.95. The molecular formula is C10H16N2O. The molecule has 0 N–H and O–H groups in total. The van der Waals surface area contributed by atoms with Gasteiger partial charge in [0.25, 0.3) is 0 Å². The Hall–Kier alpha value is -0.990. The lowest BCUT2D eigenvalue weighted by Gasteiger charge is -2.04. The largest absolute Gasteiger partial charge is 0.489 e.